The quantitative estimate of drug-likeness (QED) is 0.712. The van der Waals surface area contributed by atoms with Crippen molar-refractivity contribution in [3.63, 3.8) is 0 Å². The Morgan fingerprint density at radius 2 is 1.88 bits per heavy atom. The van der Waals surface area contributed by atoms with E-state index in [-0.39, 0.29) is 0 Å². The zero-order chi connectivity index (χ0) is 17.4. The maximum Gasteiger partial charge on any atom is 0.122 e. The van der Waals surface area contributed by atoms with E-state index >= 15 is 0 Å². The van der Waals surface area contributed by atoms with Crippen LogP contribution >= 0.6 is 0 Å². The second kappa shape index (κ2) is 8.88. The summed E-state index contributed by atoms with van der Waals surface area (Å²) in [6.45, 7) is 3.26. The average Bonchev–Trinajstić information content (AvgIpc) is 2.91. The monoisotopic (exact) mass is 327 g/mol. The van der Waals surface area contributed by atoms with Crippen LogP contribution in [0.15, 0.2) is 30.3 Å². The Kier molecular flexibility index (Phi) is 6.56. The fourth-order valence-corrected chi connectivity index (χ4v) is 2.71. The van der Waals surface area contributed by atoms with Crippen LogP contribution in [0.4, 0.5) is 5.69 Å². The van der Waals surface area contributed by atoms with Crippen LogP contribution in [0, 0.1) is 11.3 Å². The highest BCUT2D eigenvalue weighted by atomic mass is 16.5. The summed E-state index contributed by atoms with van der Waals surface area (Å²) in [4.78, 5) is 0. The SMILES string of the molecule is CCCCCc1c(N)cc(C#N)n1CCOc1ccc(OC)cc1. The van der Waals surface area contributed by atoms with Crippen molar-refractivity contribution in [2.75, 3.05) is 19.5 Å². The third-order valence-electron chi connectivity index (χ3n) is 4.02. The fraction of sp³-hybridized carbons (Fsp3) is 0.421. The lowest BCUT2D eigenvalue weighted by molar-refractivity contribution is 0.295. The van der Waals surface area contributed by atoms with E-state index in [1.54, 1.807) is 13.2 Å². The second-order valence-corrected chi connectivity index (χ2v) is 5.68. The lowest BCUT2D eigenvalue weighted by Crippen LogP contribution is -2.13. The molecule has 0 fully saturated rings. The Bertz CT molecular complexity index is 684. The van der Waals surface area contributed by atoms with Crippen LogP contribution in [-0.2, 0) is 13.0 Å². The predicted molar refractivity (Wildman–Crippen MR) is 95.3 cm³/mol. The lowest BCUT2D eigenvalue weighted by Gasteiger charge is -2.12. The number of benzene rings is 1. The van der Waals surface area contributed by atoms with Crippen molar-refractivity contribution in [3.8, 4) is 17.6 Å². The molecule has 5 heteroatoms. The summed E-state index contributed by atoms with van der Waals surface area (Å²) in [7, 11) is 1.63. The number of nitrogen functional groups attached to an aromatic ring is 1. The lowest BCUT2D eigenvalue weighted by atomic mass is 10.1. The molecule has 1 aromatic carbocycles. The van der Waals surface area contributed by atoms with Gasteiger partial charge >= 0.3 is 0 Å². The molecule has 128 valence electrons. The van der Waals surface area contributed by atoms with E-state index in [1.807, 2.05) is 28.8 Å². The number of unbranched alkanes of at least 4 members (excludes halogenated alkanes) is 2. The smallest absolute Gasteiger partial charge is 0.122 e. The molecule has 0 saturated heterocycles. The topological polar surface area (TPSA) is 73.2 Å². The third-order valence-corrected chi connectivity index (χ3v) is 4.02. The van der Waals surface area contributed by atoms with E-state index in [4.69, 9.17) is 15.2 Å². The van der Waals surface area contributed by atoms with Crippen LogP contribution in [0.25, 0.3) is 0 Å². The van der Waals surface area contributed by atoms with Crippen molar-refractivity contribution >= 4 is 5.69 Å². The van der Waals surface area contributed by atoms with Gasteiger partial charge in [0.05, 0.1) is 19.3 Å². The van der Waals surface area contributed by atoms with Crippen LogP contribution < -0.4 is 15.2 Å². The molecule has 0 aliphatic carbocycles. The van der Waals surface area contributed by atoms with E-state index in [0.29, 0.717) is 24.5 Å². The first-order valence-electron chi connectivity index (χ1n) is 8.34. The Hall–Kier alpha value is -2.61. The second-order valence-electron chi connectivity index (χ2n) is 5.68. The summed E-state index contributed by atoms with van der Waals surface area (Å²) in [5, 5.41) is 9.32. The number of hydrogen-bond acceptors (Lipinski definition) is 4. The summed E-state index contributed by atoms with van der Waals surface area (Å²) in [6.07, 6.45) is 4.29. The molecule has 0 radical (unpaired) electrons. The van der Waals surface area contributed by atoms with Crippen LogP contribution in [0.2, 0.25) is 0 Å². The normalized spacial score (nSPS) is 10.4. The fourth-order valence-electron chi connectivity index (χ4n) is 2.71. The number of rotatable bonds is 9. The van der Waals surface area contributed by atoms with Gasteiger partial charge in [-0.1, -0.05) is 19.8 Å². The third kappa shape index (κ3) is 4.45. The first-order valence-corrected chi connectivity index (χ1v) is 8.34. The molecule has 0 bridgehead atoms. The van der Waals surface area contributed by atoms with Gasteiger partial charge in [0.15, 0.2) is 0 Å². The van der Waals surface area contributed by atoms with Crippen molar-refractivity contribution in [2.45, 2.75) is 39.2 Å². The number of nitrogens with zero attached hydrogens (tertiary/aromatic N) is 2. The molecule has 1 heterocycles. The highest BCUT2D eigenvalue weighted by molar-refractivity contribution is 5.50. The summed E-state index contributed by atoms with van der Waals surface area (Å²) in [6, 6.07) is 11.4. The Morgan fingerprint density at radius 1 is 1.17 bits per heavy atom. The maximum absolute atomic E-state index is 9.32. The molecule has 0 aliphatic rings. The zero-order valence-corrected chi connectivity index (χ0v) is 14.4. The first-order chi connectivity index (χ1) is 11.7. The molecule has 0 unspecified atom stereocenters. The van der Waals surface area contributed by atoms with Gasteiger partial charge in [-0.15, -0.1) is 0 Å². The summed E-state index contributed by atoms with van der Waals surface area (Å²) >= 11 is 0. The molecule has 0 saturated carbocycles. The van der Waals surface area contributed by atoms with Gasteiger partial charge in [0.25, 0.3) is 0 Å². The van der Waals surface area contributed by atoms with Crippen molar-refractivity contribution < 1.29 is 9.47 Å². The van der Waals surface area contributed by atoms with E-state index in [1.165, 1.54) is 0 Å². The molecule has 2 aromatic rings. The Labute approximate surface area is 143 Å². The minimum Gasteiger partial charge on any atom is -0.497 e. The number of ether oxygens (including phenoxy) is 2. The van der Waals surface area contributed by atoms with Gasteiger partial charge in [0, 0.05) is 5.69 Å². The molecular weight excluding hydrogens is 302 g/mol. The van der Waals surface area contributed by atoms with E-state index in [2.05, 4.69) is 13.0 Å². The van der Waals surface area contributed by atoms with Crippen LogP contribution in [-0.4, -0.2) is 18.3 Å². The molecule has 0 amide bonds. The predicted octanol–water partition coefficient (Wildman–Crippen LogP) is 3.76. The van der Waals surface area contributed by atoms with E-state index in [9.17, 15) is 5.26 Å². The van der Waals surface area contributed by atoms with Gasteiger partial charge in [-0.05, 0) is 43.2 Å². The van der Waals surface area contributed by atoms with E-state index in [0.717, 1.165) is 42.9 Å². The van der Waals surface area contributed by atoms with Crippen molar-refractivity contribution in [1.82, 2.24) is 4.57 Å². The van der Waals surface area contributed by atoms with Gasteiger partial charge in [0.2, 0.25) is 0 Å². The number of methoxy groups -OCH3 is 1. The van der Waals surface area contributed by atoms with Gasteiger partial charge in [0.1, 0.15) is 29.9 Å². The minimum absolute atomic E-state index is 0.482. The number of hydrogen-bond donors (Lipinski definition) is 1. The highest BCUT2D eigenvalue weighted by Crippen LogP contribution is 2.21. The largest absolute Gasteiger partial charge is 0.497 e. The summed E-state index contributed by atoms with van der Waals surface area (Å²) in [5.74, 6) is 1.58. The van der Waals surface area contributed by atoms with Crippen molar-refractivity contribution in [2.24, 2.45) is 0 Å². The molecular formula is C19H25N3O2. The highest BCUT2D eigenvalue weighted by Gasteiger charge is 2.12. The molecule has 1 aromatic heterocycles. The standard InChI is InChI=1S/C19H25N3O2/c1-3-4-5-6-19-18(21)13-15(14-20)22(19)11-12-24-17-9-7-16(23-2)8-10-17/h7-10,13H,3-6,11-12,21H2,1-2H3. The first kappa shape index (κ1) is 17.7. The summed E-state index contributed by atoms with van der Waals surface area (Å²) in [5.41, 5.74) is 8.42. The average molecular weight is 327 g/mol. The molecule has 2 rings (SSSR count). The van der Waals surface area contributed by atoms with Gasteiger partial charge in [-0.2, -0.15) is 5.26 Å². The number of nitrogens with two attached hydrogens (primary N) is 1. The number of anilines is 1. The van der Waals surface area contributed by atoms with E-state index < -0.39 is 0 Å². The molecule has 5 nitrogen and oxygen atoms in total. The molecule has 0 atom stereocenters. The number of aromatic nitrogens is 1. The molecule has 0 spiro atoms. The Morgan fingerprint density at radius 3 is 2.50 bits per heavy atom. The Balaban J connectivity index is 2.00. The summed E-state index contributed by atoms with van der Waals surface area (Å²) < 4.78 is 12.9. The maximum atomic E-state index is 9.32. The molecule has 2 N–H and O–H groups in total. The molecule has 0 aliphatic heterocycles. The molecule has 24 heavy (non-hydrogen) atoms. The van der Waals surface area contributed by atoms with Gasteiger partial charge in [-0.25, -0.2) is 0 Å². The van der Waals surface area contributed by atoms with Gasteiger partial charge in [-0.3, -0.25) is 0 Å². The van der Waals surface area contributed by atoms with Crippen molar-refractivity contribution in [3.05, 3.63) is 41.7 Å². The van der Waals surface area contributed by atoms with Crippen LogP contribution in [0.3, 0.4) is 0 Å². The van der Waals surface area contributed by atoms with Crippen molar-refractivity contribution in [1.29, 1.82) is 5.26 Å². The minimum atomic E-state index is 0.482. The van der Waals surface area contributed by atoms with Gasteiger partial charge < -0.3 is 19.8 Å². The van der Waals surface area contributed by atoms with Crippen LogP contribution in [0.1, 0.15) is 37.6 Å². The number of nitriles is 1. The zero-order valence-electron chi connectivity index (χ0n) is 14.4. The van der Waals surface area contributed by atoms with Crippen LogP contribution in [0.5, 0.6) is 11.5 Å².